The summed E-state index contributed by atoms with van der Waals surface area (Å²) >= 11 is 1.89. The third-order valence-electron chi connectivity index (χ3n) is 2.91. The van der Waals surface area contributed by atoms with Crippen molar-refractivity contribution in [2.24, 2.45) is 16.8 Å². The molecule has 5 nitrogen and oxygen atoms in total. The second-order valence-electron chi connectivity index (χ2n) is 4.49. The Kier molecular flexibility index (Phi) is 5.11. The molecule has 0 aliphatic carbocycles. The number of amides is 1. The monoisotopic (exact) mass is 259 g/mol. The van der Waals surface area contributed by atoms with Crippen LogP contribution in [0.3, 0.4) is 0 Å². The molecular formula is C11H21N3O2S. The molecule has 0 aromatic rings. The Hall–Kier alpha value is -0.910. The van der Waals surface area contributed by atoms with E-state index in [9.17, 15) is 4.79 Å². The molecule has 0 aromatic carbocycles. The third kappa shape index (κ3) is 3.52. The van der Waals surface area contributed by atoms with Gasteiger partial charge in [0.1, 0.15) is 0 Å². The largest absolute Gasteiger partial charge is 0.409 e. The molecule has 17 heavy (non-hydrogen) atoms. The predicted octanol–water partition coefficient (Wildman–Crippen LogP) is 1.11. The minimum absolute atomic E-state index is 0.0102. The van der Waals surface area contributed by atoms with E-state index in [-0.39, 0.29) is 11.7 Å². The van der Waals surface area contributed by atoms with E-state index in [0.717, 1.165) is 13.1 Å². The van der Waals surface area contributed by atoms with Gasteiger partial charge in [-0.05, 0) is 6.42 Å². The molecule has 0 spiro atoms. The van der Waals surface area contributed by atoms with Crippen molar-refractivity contribution in [2.75, 3.05) is 13.1 Å². The van der Waals surface area contributed by atoms with E-state index in [1.165, 1.54) is 0 Å². The maximum atomic E-state index is 12.3. The van der Waals surface area contributed by atoms with Crippen LogP contribution < -0.4 is 5.73 Å². The lowest BCUT2D eigenvalue weighted by molar-refractivity contribution is -0.133. The van der Waals surface area contributed by atoms with E-state index in [2.05, 4.69) is 19.0 Å². The van der Waals surface area contributed by atoms with Gasteiger partial charge in [-0.2, -0.15) is 11.8 Å². The maximum Gasteiger partial charge on any atom is 0.233 e. The van der Waals surface area contributed by atoms with Crippen molar-refractivity contribution in [3.8, 4) is 0 Å². The first-order valence-electron chi connectivity index (χ1n) is 5.91. The van der Waals surface area contributed by atoms with Crippen LogP contribution >= 0.6 is 11.8 Å². The number of hydrogen-bond acceptors (Lipinski definition) is 4. The van der Waals surface area contributed by atoms with Crippen LogP contribution in [0.4, 0.5) is 0 Å². The Morgan fingerprint density at radius 2 is 2.06 bits per heavy atom. The van der Waals surface area contributed by atoms with Crippen LogP contribution in [0.15, 0.2) is 5.16 Å². The van der Waals surface area contributed by atoms with Gasteiger partial charge in [0.05, 0.1) is 5.92 Å². The maximum absolute atomic E-state index is 12.3. The first-order valence-corrected chi connectivity index (χ1v) is 6.85. The number of nitrogens with two attached hydrogens (primary N) is 1. The molecule has 1 aliphatic heterocycles. The first-order chi connectivity index (χ1) is 7.99. The second kappa shape index (κ2) is 6.14. The van der Waals surface area contributed by atoms with Crippen LogP contribution in [0.25, 0.3) is 0 Å². The van der Waals surface area contributed by atoms with Crippen LogP contribution in [-0.4, -0.2) is 45.4 Å². The summed E-state index contributed by atoms with van der Waals surface area (Å²) in [5.74, 6) is -0.514. The number of amidine groups is 1. The van der Waals surface area contributed by atoms with Crippen molar-refractivity contribution in [2.45, 2.75) is 37.7 Å². The lowest BCUT2D eigenvalue weighted by atomic mass is 10.0. The number of nitrogens with zero attached hydrogens (tertiary/aromatic N) is 2. The van der Waals surface area contributed by atoms with E-state index in [1.807, 2.05) is 23.6 Å². The molecule has 3 unspecified atom stereocenters. The van der Waals surface area contributed by atoms with Gasteiger partial charge in [0.25, 0.3) is 0 Å². The highest BCUT2D eigenvalue weighted by molar-refractivity contribution is 8.00. The smallest absolute Gasteiger partial charge is 0.233 e. The van der Waals surface area contributed by atoms with Crippen molar-refractivity contribution in [3.05, 3.63) is 0 Å². The van der Waals surface area contributed by atoms with Gasteiger partial charge in [-0.1, -0.05) is 25.9 Å². The number of thioether (sulfide) groups is 1. The molecule has 0 bridgehead atoms. The summed E-state index contributed by atoms with van der Waals surface area (Å²) in [6, 6.07) is 0. The number of carbonyl (C=O) groups is 1. The number of carbonyl (C=O) groups excluding carboxylic acids is 1. The molecule has 0 radical (unpaired) electrons. The normalized spacial score (nSPS) is 27.9. The lowest BCUT2D eigenvalue weighted by Gasteiger charge is -2.36. The quantitative estimate of drug-likeness (QED) is 0.344. The molecule has 1 aliphatic rings. The van der Waals surface area contributed by atoms with E-state index >= 15 is 0 Å². The van der Waals surface area contributed by atoms with Crippen LogP contribution in [0.2, 0.25) is 0 Å². The number of oxime groups is 1. The van der Waals surface area contributed by atoms with Crippen LogP contribution in [0, 0.1) is 5.92 Å². The fourth-order valence-electron chi connectivity index (χ4n) is 2.16. The molecule has 98 valence electrons. The van der Waals surface area contributed by atoms with Gasteiger partial charge in [-0.3, -0.25) is 4.79 Å². The van der Waals surface area contributed by atoms with E-state index in [4.69, 9.17) is 10.9 Å². The van der Waals surface area contributed by atoms with Gasteiger partial charge in [-0.15, -0.1) is 0 Å². The highest BCUT2D eigenvalue weighted by Gasteiger charge is 2.31. The molecule has 1 amide bonds. The highest BCUT2D eigenvalue weighted by Crippen LogP contribution is 2.26. The average molecular weight is 259 g/mol. The Morgan fingerprint density at radius 1 is 1.53 bits per heavy atom. The molecule has 1 heterocycles. The topological polar surface area (TPSA) is 78.9 Å². The molecule has 1 rings (SSSR count). The van der Waals surface area contributed by atoms with Crippen LogP contribution in [0.1, 0.15) is 27.2 Å². The van der Waals surface area contributed by atoms with Gasteiger partial charge >= 0.3 is 0 Å². The molecule has 1 fully saturated rings. The number of rotatable bonds is 3. The predicted molar refractivity (Wildman–Crippen MR) is 70.3 cm³/mol. The molecule has 0 saturated carbocycles. The fraction of sp³-hybridized carbons (Fsp3) is 0.818. The summed E-state index contributed by atoms with van der Waals surface area (Å²) in [5.41, 5.74) is 5.55. The summed E-state index contributed by atoms with van der Waals surface area (Å²) < 4.78 is 0. The van der Waals surface area contributed by atoms with E-state index in [0.29, 0.717) is 16.9 Å². The Morgan fingerprint density at radius 3 is 2.47 bits per heavy atom. The van der Waals surface area contributed by atoms with Crippen molar-refractivity contribution < 1.29 is 10.0 Å². The summed E-state index contributed by atoms with van der Waals surface area (Å²) in [6.45, 7) is 7.58. The zero-order valence-corrected chi connectivity index (χ0v) is 11.4. The molecule has 3 atom stereocenters. The second-order valence-corrected chi connectivity index (χ2v) is 6.37. The SMILES string of the molecule is CCC(C(=O)N1CC(C)SC(C)C1)C(N)=NO. The molecule has 6 heteroatoms. The van der Waals surface area contributed by atoms with Crippen molar-refractivity contribution in [3.63, 3.8) is 0 Å². The van der Waals surface area contributed by atoms with Crippen LogP contribution in [-0.2, 0) is 4.79 Å². The van der Waals surface area contributed by atoms with Gasteiger partial charge in [0.2, 0.25) is 5.91 Å². The standard InChI is InChI=1S/C11H21N3O2S/c1-4-9(10(12)13-16)11(15)14-5-7(2)17-8(3)6-14/h7-9,16H,4-6H2,1-3H3,(H2,12,13). The summed E-state index contributed by atoms with van der Waals surface area (Å²) in [5, 5.41) is 12.5. The molecule has 3 N–H and O–H groups in total. The van der Waals surface area contributed by atoms with Gasteiger partial charge in [0, 0.05) is 23.6 Å². The van der Waals surface area contributed by atoms with Gasteiger partial charge in [-0.25, -0.2) is 0 Å². The summed E-state index contributed by atoms with van der Waals surface area (Å²) in [6.07, 6.45) is 0.557. The van der Waals surface area contributed by atoms with Crippen LogP contribution in [0.5, 0.6) is 0 Å². The average Bonchev–Trinajstić information content (AvgIpc) is 2.28. The zero-order valence-electron chi connectivity index (χ0n) is 10.6. The summed E-state index contributed by atoms with van der Waals surface area (Å²) in [7, 11) is 0. The van der Waals surface area contributed by atoms with E-state index < -0.39 is 5.92 Å². The van der Waals surface area contributed by atoms with Crippen molar-refractivity contribution in [1.82, 2.24) is 4.90 Å². The summed E-state index contributed by atoms with van der Waals surface area (Å²) in [4.78, 5) is 14.1. The molecule has 0 aromatic heterocycles. The van der Waals surface area contributed by atoms with Crippen molar-refractivity contribution >= 4 is 23.5 Å². The first kappa shape index (κ1) is 14.2. The van der Waals surface area contributed by atoms with Crippen molar-refractivity contribution in [1.29, 1.82) is 0 Å². The zero-order chi connectivity index (χ0) is 13.0. The van der Waals surface area contributed by atoms with Gasteiger partial charge < -0.3 is 15.8 Å². The lowest BCUT2D eigenvalue weighted by Crippen LogP contribution is -2.49. The Bertz CT molecular complexity index is 299. The minimum atomic E-state index is -0.498. The Balaban J connectivity index is 2.73. The van der Waals surface area contributed by atoms with E-state index in [1.54, 1.807) is 0 Å². The molecule has 1 saturated heterocycles. The minimum Gasteiger partial charge on any atom is -0.409 e. The molecular weight excluding hydrogens is 238 g/mol. The number of hydrogen-bond donors (Lipinski definition) is 2. The third-order valence-corrected chi connectivity index (χ3v) is 4.14. The fourth-order valence-corrected chi connectivity index (χ4v) is 3.48. The highest BCUT2D eigenvalue weighted by atomic mass is 32.2. The Labute approximate surface area is 106 Å². The van der Waals surface area contributed by atoms with Gasteiger partial charge in [0.15, 0.2) is 5.84 Å².